The number of nitrogens with two attached hydrogens (primary N) is 1. The number of halogens is 1. The Bertz CT molecular complexity index is 1970. The Morgan fingerprint density at radius 2 is 0.824 bits per heavy atom. The van der Waals surface area contributed by atoms with E-state index >= 15 is 0 Å². The van der Waals surface area contributed by atoms with Gasteiger partial charge in [0, 0.05) is 51.5 Å². The fourth-order valence-corrected chi connectivity index (χ4v) is 11.2. The number of esters is 2. The average Bonchev–Trinajstić information content (AvgIpc) is 3.79. The molecule has 0 aromatic heterocycles. The largest absolute Gasteiger partial charge is 0.480 e. The van der Waals surface area contributed by atoms with E-state index in [1.807, 2.05) is 76.2 Å². The van der Waals surface area contributed by atoms with E-state index in [0.717, 1.165) is 0 Å². The molecule has 19 nitrogen and oxygen atoms in total. The number of carboxylic acids is 1. The molecule has 3 heterocycles. The molecule has 3 aliphatic heterocycles. The number of piperidine rings is 3. The van der Waals surface area contributed by atoms with Crippen LogP contribution in [0.3, 0.4) is 0 Å². The topological polar surface area (TPSA) is 259 Å². The molecule has 388 valence electrons. The summed E-state index contributed by atoms with van der Waals surface area (Å²) in [7, 11) is 5.70. The maximum absolute atomic E-state index is 13.1. The van der Waals surface area contributed by atoms with E-state index in [1.165, 1.54) is 33.2 Å². The Balaban J connectivity index is 0.000000269. The number of methoxy groups -OCH3 is 2. The van der Waals surface area contributed by atoms with Crippen LogP contribution in [0.15, 0.2) is 0 Å². The molecular formula is C48H83ClN8O11. The predicted molar refractivity (Wildman–Crippen MR) is 257 cm³/mol. The molecule has 6 fully saturated rings. The van der Waals surface area contributed by atoms with Crippen LogP contribution in [0.1, 0.15) is 104 Å². The van der Waals surface area contributed by atoms with Crippen molar-refractivity contribution in [2.24, 2.45) is 73.7 Å². The standard InChI is InChI=1S/C17H29N3O4.C16H27N3O4.C15H26N2O3.ClH/c1-16(2,3)12(19-15(23)18-6)13(21)20-8-9-10(17(9,4)5)11(20)14(22)24-7;1-15(2,3)11(18-14(23)17-6)12(20)19-7-8-9(16(8,4)5)10(19)13(21)22;1-14(2,3)11(16)12(18)17-7-8-9(15(8,4)5)10(17)13(19)20-6;/h9-12H,8H2,1-7H3,(H2,18,19,23);8-11H,7H2,1-6H3,(H,21,22)(H2,17,18,23);8-11H,7,16H2,1-6H3;1H/t9-,10-,11-,12+;2*8-,9-,10-,11+;/m000./s1. The lowest BCUT2D eigenvalue weighted by atomic mass is 9.85. The molecule has 68 heavy (non-hydrogen) atoms. The highest BCUT2D eigenvalue weighted by Crippen LogP contribution is 2.67. The molecule has 7 N–H and O–H groups in total. The lowest BCUT2D eigenvalue weighted by molar-refractivity contribution is -0.154. The maximum Gasteiger partial charge on any atom is 0.328 e. The van der Waals surface area contributed by atoms with Gasteiger partial charge >= 0.3 is 30.0 Å². The van der Waals surface area contributed by atoms with E-state index in [0.29, 0.717) is 31.5 Å². The minimum Gasteiger partial charge on any atom is -0.480 e. The second-order valence-corrected chi connectivity index (χ2v) is 24.4. The summed E-state index contributed by atoms with van der Waals surface area (Å²) >= 11 is 0. The van der Waals surface area contributed by atoms with Gasteiger partial charge in [0.25, 0.3) is 0 Å². The quantitative estimate of drug-likeness (QED) is 0.192. The highest BCUT2D eigenvalue weighted by Gasteiger charge is 2.72. The lowest BCUT2D eigenvalue weighted by Crippen LogP contribution is -2.59. The molecule has 3 saturated heterocycles. The van der Waals surface area contributed by atoms with Gasteiger partial charge in [-0.3, -0.25) is 14.4 Å². The third-order valence-electron chi connectivity index (χ3n) is 16.0. The van der Waals surface area contributed by atoms with E-state index < -0.39 is 65.1 Å². The minimum absolute atomic E-state index is 0. The summed E-state index contributed by atoms with van der Waals surface area (Å²) < 4.78 is 9.84. The molecule has 6 rings (SSSR count). The Labute approximate surface area is 409 Å². The summed E-state index contributed by atoms with van der Waals surface area (Å²) in [5.41, 5.74) is 4.86. The van der Waals surface area contributed by atoms with Crippen LogP contribution in [0.25, 0.3) is 0 Å². The number of urea groups is 2. The molecule has 0 bridgehead atoms. The number of carboxylic acid groups (broad SMARTS) is 1. The van der Waals surface area contributed by atoms with Gasteiger partial charge < -0.3 is 56.3 Å². The van der Waals surface area contributed by atoms with Crippen molar-refractivity contribution in [3.8, 4) is 0 Å². The normalized spacial score (nSPS) is 29.6. The van der Waals surface area contributed by atoms with Gasteiger partial charge in [0.15, 0.2) is 0 Å². The monoisotopic (exact) mass is 983 g/mol. The zero-order valence-electron chi connectivity index (χ0n) is 43.9. The summed E-state index contributed by atoms with van der Waals surface area (Å²) in [6.45, 7) is 31.2. The van der Waals surface area contributed by atoms with Crippen LogP contribution < -0.4 is 27.0 Å². The lowest BCUT2D eigenvalue weighted by Gasteiger charge is -2.37. The van der Waals surface area contributed by atoms with Gasteiger partial charge in [-0.2, -0.15) is 0 Å². The van der Waals surface area contributed by atoms with Crippen molar-refractivity contribution >= 4 is 60.1 Å². The molecular weight excluding hydrogens is 900 g/mol. The van der Waals surface area contributed by atoms with Gasteiger partial charge in [0.2, 0.25) is 17.7 Å². The number of likely N-dealkylation sites (tertiary alicyclic amines) is 3. The second kappa shape index (κ2) is 19.8. The third-order valence-corrected chi connectivity index (χ3v) is 16.0. The summed E-state index contributed by atoms with van der Waals surface area (Å²) in [6.07, 6.45) is 0. The molecule has 0 spiro atoms. The van der Waals surface area contributed by atoms with Gasteiger partial charge in [0.05, 0.1) is 20.3 Å². The van der Waals surface area contributed by atoms with Crippen LogP contribution in [-0.2, 0) is 38.2 Å². The Kier molecular flexibility index (Phi) is 16.9. The number of nitrogens with one attached hydrogen (secondary N) is 4. The Hall–Kier alpha value is -4.39. The molecule has 20 heteroatoms. The Morgan fingerprint density at radius 3 is 1.07 bits per heavy atom. The first-order valence-corrected chi connectivity index (χ1v) is 23.4. The number of rotatable bonds is 8. The molecule has 0 aromatic rings. The first-order valence-electron chi connectivity index (χ1n) is 23.4. The predicted octanol–water partition coefficient (Wildman–Crippen LogP) is 3.32. The number of fused-ring (bicyclic) bond motifs is 3. The van der Waals surface area contributed by atoms with E-state index in [9.17, 15) is 43.5 Å². The Morgan fingerprint density at radius 1 is 0.544 bits per heavy atom. The zero-order chi connectivity index (χ0) is 51.6. The molecule has 3 aliphatic carbocycles. The molecule has 3 saturated carbocycles. The average molecular weight is 984 g/mol. The second-order valence-electron chi connectivity index (χ2n) is 24.4. The van der Waals surface area contributed by atoms with Crippen molar-refractivity contribution in [2.45, 2.75) is 140 Å². The third kappa shape index (κ3) is 11.0. The number of carbonyl (C=O) groups excluding carboxylic acids is 7. The van der Waals surface area contributed by atoms with Crippen molar-refractivity contribution in [1.82, 2.24) is 36.0 Å². The number of carbonyl (C=O) groups is 8. The number of ether oxygens (including phenoxy) is 2. The fraction of sp³-hybridized carbons (Fsp3) is 0.833. The van der Waals surface area contributed by atoms with Gasteiger partial charge in [0.1, 0.15) is 30.2 Å². The van der Waals surface area contributed by atoms with Gasteiger partial charge in [-0.25, -0.2) is 24.0 Å². The number of hydrogen-bond acceptors (Lipinski definition) is 11. The fourth-order valence-electron chi connectivity index (χ4n) is 11.2. The maximum atomic E-state index is 13.1. The number of nitrogens with zero attached hydrogens (tertiary/aromatic N) is 3. The molecule has 7 amide bonds. The molecule has 6 aliphatic rings. The number of amides is 7. The highest BCUT2D eigenvalue weighted by molar-refractivity contribution is 5.93. The van der Waals surface area contributed by atoms with E-state index in [1.54, 1.807) is 9.80 Å². The summed E-state index contributed by atoms with van der Waals surface area (Å²) in [6, 6.07) is -4.80. The zero-order valence-corrected chi connectivity index (χ0v) is 44.7. The van der Waals surface area contributed by atoms with Crippen molar-refractivity contribution in [2.75, 3.05) is 47.9 Å². The van der Waals surface area contributed by atoms with E-state index in [-0.39, 0.29) is 87.4 Å². The van der Waals surface area contributed by atoms with Crippen LogP contribution in [0, 0.1) is 68.0 Å². The van der Waals surface area contributed by atoms with Gasteiger partial charge in [-0.1, -0.05) is 104 Å². The number of hydrogen-bond donors (Lipinski definition) is 6. The van der Waals surface area contributed by atoms with Crippen LogP contribution in [0.5, 0.6) is 0 Å². The van der Waals surface area contributed by atoms with Gasteiger partial charge in [-0.05, 0) is 50.2 Å². The summed E-state index contributed by atoms with van der Waals surface area (Å²) in [4.78, 5) is 103. The molecule has 12 atom stereocenters. The van der Waals surface area contributed by atoms with Crippen molar-refractivity contribution < 1.29 is 52.9 Å². The molecule has 0 aromatic carbocycles. The van der Waals surface area contributed by atoms with Crippen molar-refractivity contribution in [1.29, 1.82) is 0 Å². The molecule has 0 radical (unpaired) electrons. The van der Waals surface area contributed by atoms with Gasteiger partial charge in [-0.15, -0.1) is 12.4 Å². The first-order chi connectivity index (χ1) is 30.4. The van der Waals surface area contributed by atoms with Crippen molar-refractivity contribution in [3.63, 3.8) is 0 Å². The molecule has 0 unspecified atom stereocenters. The van der Waals surface area contributed by atoms with E-state index in [4.69, 9.17) is 15.2 Å². The van der Waals surface area contributed by atoms with Crippen LogP contribution in [-0.4, -0.2) is 152 Å². The summed E-state index contributed by atoms with van der Waals surface area (Å²) in [5, 5.41) is 19.9. The van der Waals surface area contributed by atoms with E-state index in [2.05, 4.69) is 49.0 Å². The van der Waals surface area contributed by atoms with Crippen LogP contribution in [0.4, 0.5) is 9.59 Å². The minimum atomic E-state index is -0.968. The number of aliphatic carboxylic acids is 1. The highest BCUT2D eigenvalue weighted by atomic mass is 35.5. The van der Waals surface area contributed by atoms with Crippen LogP contribution in [0.2, 0.25) is 0 Å². The SMILES string of the molecule is CNC(=O)N[C@H](C(=O)N1C[C@H]2[C@@H]([C@H]1C(=O)O)C2(C)C)C(C)(C)C.CNC(=O)N[C@H](C(=O)N1C[C@H]2[C@@H]([C@H]1C(=O)OC)C2(C)C)C(C)(C)C.COC(=O)[C@@H]1[C@@H]2[C@H](CN1C(=O)[C@@H](N)C(C)(C)C)C2(C)C.Cl. The summed E-state index contributed by atoms with van der Waals surface area (Å²) in [5.74, 6) is -1.17. The van der Waals surface area contributed by atoms with Crippen LogP contribution >= 0.6 is 12.4 Å². The van der Waals surface area contributed by atoms with Crippen molar-refractivity contribution in [3.05, 3.63) is 0 Å². The first kappa shape index (κ1) is 57.9. The smallest absolute Gasteiger partial charge is 0.328 e.